The van der Waals surface area contributed by atoms with Crippen LogP contribution in [-0.4, -0.2) is 6.79 Å². The van der Waals surface area contributed by atoms with Crippen molar-refractivity contribution in [3.05, 3.63) is 53.3 Å². The fourth-order valence-electron chi connectivity index (χ4n) is 2.59. The summed E-state index contributed by atoms with van der Waals surface area (Å²) >= 11 is 0. The summed E-state index contributed by atoms with van der Waals surface area (Å²) in [5.74, 6) is 1.79. The Morgan fingerprint density at radius 2 is 1.83 bits per heavy atom. The molecule has 3 heterocycles. The number of pyridine rings is 1. The van der Waals surface area contributed by atoms with E-state index in [1.165, 1.54) is 16.8 Å². The lowest BCUT2D eigenvalue weighted by Crippen LogP contribution is -3.00. The zero-order chi connectivity index (χ0) is 11.2. The zero-order valence-electron chi connectivity index (χ0n) is 9.73. The van der Waals surface area contributed by atoms with Crippen molar-refractivity contribution in [2.45, 2.75) is 13.0 Å². The summed E-state index contributed by atoms with van der Waals surface area (Å²) in [5.41, 5.74) is 4.00. The van der Waals surface area contributed by atoms with Crippen LogP contribution in [0.3, 0.4) is 0 Å². The van der Waals surface area contributed by atoms with E-state index in [-0.39, 0.29) is 12.4 Å². The van der Waals surface area contributed by atoms with Gasteiger partial charge in [0.15, 0.2) is 18.5 Å². The van der Waals surface area contributed by atoms with Crippen molar-refractivity contribution in [1.29, 1.82) is 0 Å². The Morgan fingerprint density at radius 1 is 1.00 bits per heavy atom. The average molecular weight is 262 g/mol. The Kier molecular flexibility index (Phi) is 2.63. The third kappa shape index (κ3) is 1.55. The molecule has 0 N–H and O–H groups in total. The molecule has 2 aromatic rings. The molecule has 0 saturated carbocycles. The minimum absolute atomic E-state index is 0. The van der Waals surface area contributed by atoms with Gasteiger partial charge in [-0.05, 0) is 5.56 Å². The second kappa shape index (κ2) is 4.18. The Labute approximate surface area is 111 Å². The van der Waals surface area contributed by atoms with Crippen molar-refractivity contribution in [2.75, 3.05) is 6.79 Å². The second-order valence-electron chi connectivity index (χ2n) is 4.44. The summed E-state index contributed by atoms with van der Waals surface area (Å²) in [6, 6.07) is 10.6. The summed E-state index contributed by atoms with van der Waals surface area (Å²) in [4.78, 5) is 0. The van der Waals surface area contributed by atoms with Crippen LogP contribution in [0.5, 0.6) is 11.5 Å². The van der Waals surface area contributed by atoms with Gasteiger partial charge in [-0.3, -0.25) is 0 Å². The molecule has 0 bridgehead atoms. The maximum atomic E-state index is 5.57. The molecular weight excluding hydrogens is 250 g/mol. The van der Waals surface area contributed by atoms with E-state index in [9.17, 15) is 0 Å². The number of nitrogens with zero attached hydrogens (tertiary/aromatic N) is 1. The normalized spacial score (nSPS) is 14.4. The van der Waals surface area contributed by atoms with Crippen LogP contribution in [-0.2, 0) is 13.0 Å². The van der Waals surface area contributed by atoms with Gasteiger partial charge in [-0.2, -0.15) is 4.57 Å². The summed E-state index contributed by atoms with van der Waals surface area (Å²) < 4.78 is 13.2. The molecule has 0 aliphatic carbocycles. The van der Waals surface area contributed by atoms with Gasteiger partial charge >= 0.3 is 0 Å². The molecule has 0 amide bonds. The fourth-order valence-corrected chi connectivity index (χ4v) is 2.59. The summed E-state index contributed by atoms with van der Waals surface area (Å²) in [5, 5.41) is 0. The number of hydrogen-bond acceptors (Lipinski definition) is 2. The summed E-state index contributed by atoms with van der Waals surface area (Å²) in [7, 11) is 0. The van der Waals surface area contributed by atoms with Crippen molar-refractivity contribution in [2.24, 2.45) is 0 Å². The minimum Gasteiger partial charge on any atom is -1.00 e. The molecule has 0 atom stereocenters. The standard InChI is InChI=1S/C14H12NO2.ClH/c1-2-4-11-8-15-6-5-13-14(17-9-16-13)12(15)7-10(11)3-1;/h1-6H,7-9H2;1H/q+1;/p-1. The lowest BCUT2D eigenvalue weighted by Gasteiger charge is -2.15. The average Bonchev–Trinajstić information content (AvgIpc) is 2.85. The van der Waals surface area contributed by atoms with E-state index in [4.69, 9.17) is 9.47 Å². The van der Waals surface area contributed by atoms with E-state index >= 15 is 0 Å². The van der Waals surface area contributed by atoms with Gasteiger partial charge in [0.05, 0.1) is 6.42 Å². The summed E-state index contributed by atoms with van der Waals surface area (Å²) in [6.07, 6.45) is 3.00. The quantitative estimate of drug-likeness (QED) is 0.468. The van der Waals surface area contributed by atoms with E-state index < -0.39 is 0 Å². The van der Waals surface area contributed by atoms with Gasteiger partial charge in [0.2, 0.25) is 18.2 Å². The molecule has 4 rings (SSSR count). The molecule has 2 aliphatic heterocycles. The second-order valence-corrected chi connectivity index (χ2v) is 4.44. The third-order valence-corrected chi connectivity index (χ3v) is 3.47. The van der Waals surface area contributed by atoms with Crippen molar-refractivity contribution < 1.29 is 26.4 Å². The Bertz CT molecular complexity index is 613. The first-order valence-corrected chi connectivity index (χ1v) is 5.79. The Hall–Kier alpha value is -1.74. The smallest absolute Gasteiger partial charge is 0.232 e. The van der Waals surface area contributed by atoms with Crippen LogP contribution in [0.1, 0.15) is 16.8 Å². The maximum absolute atomic E-state index is 5.57. The largest absolute Gasteiger partial charge is 1.00 e. The predicted molar refractivity (Wildman–Crippen MR) is 61.1 cm³/mol. The first kappa shape index (κ1) is 11.4. The molecule has 1 aromatic carbocycles. The van der Waals surface area contributed by atoms with E-state index in [0.717, 1.165) is 24.5 Å². The highest BCUT2D eigenvalue weighted by atomic mass is 35.5. The Balaban J connectivity index is 0.000001000. The highest BCUT2D eigenvalue weighted by Crippen LogP contribution is 2.35. The Morgan fingerprint density at radius 3 is 2.72 bits per heavy atom. The van der Waals surface area contributed by atoms with Crippen LogP contribution in [0, 0.1) is 0 Å². The van der Waals surface area contributed by atoms with Crippen LogP contribution in [0.2, 0.25) is 0 Å². The van der Waals surface area contributed by atoms with Crippen LogP contribution < -0.4 is 26.4 Å². The molecule has 4 heteroatoms. The molecule has 92 valence electrons. The zero-order valence-corrected chi connectivity index (χ0v) is 10.5. The molecule has 2 aliphatic rings. The van der Waals surface area contributed by atoms with Gasteiger partial charge in [-0.1, -0.05) is 24.3 Å². The molecular formula is C14H12ClNO2. The van der Waals surface area contributed by atoms with Crippen molar-refractivity contribution in [3.8, 4) is 11.5 Å². The summed E-state index contributed by atoms with van der Waals surface area (Å²) in [6.45, 7) is 1.26. The van der Waals surface area contributed by atoms with E-state index in [1.807, 2.05) is 6.07 Å². The number of halogens is 1. The maximum Gasteiger partial charge on any atom is 0.232 e. The number of rotatable bonds is 0. The highest BCUT2D eigenvalue weighted by molar-refractivity contribution is 5.45. The van der Waals surface area contributed by atoms with Crippen molar-refractivity contribution in [3.63, 3.8) is 0 Å². The van der Waals surface area contributed by atoms with Gasteiger partial charge in [0.1, 0.15) is 0 Å². The molecule has 18 heavy (non-hydrogen) atoms. The highest BCUT2D eigenvalue weighted by Gasteiger charge is 2.30. The lowest BCUT2D eigenvalue weighted by atomic mass is 9.98. The molecule has 0 spiro atoms. The van der Waals surface area contributed by atoms with Gasteiger partial charge in [0, 0.05) is 11.6 Å². The monoisotopic (exact) mass is 261 g/mol. The number of benzene rings is 1. The fraction of sp³-hybridized carbons (Fsp3) is 0.214. The van der Waals surface area contributed by atoms with Gasteiger partial charge < -0.3 is 21.9 Å². The molecule has 0 radical (unpaired) electrons. The third-order valence-electron chi connectivity index (χ3n) is 3.47. The number of hydrogen-bond donors (Lipinski definition) is 0. The lowest BCUT2D eigenvalue weighted by molar-refractivity contribution is -0.697. The van der Waals surface area contributed by atoms with Crippen LogP contribution in [0.15, 0.2) is 36.5 Å². The van der Waals surface area contributed by atoms with E-state index in [0.29, 0.717) is 6.79 Å². The topological polar surface area (TPSA) is 22.3 Å². The number of fused-ring (bicyclic) bond motifs is 4. The molecule has 0 fully saturated rings. The van der Waals surface area contributed by atoms with E-state index in [1.54, 1.807) is 0 Å². The minimum atomic E-state index is 0. The van der Waals surface area contributed by atoms with Gasteiger partial charge in [-0.15, -0.1) is 0 Å². The number of aromatic nitrogens is 1. The van der Waals surface area contributed by atoms with E-state index in [2.05, 4.69) is 35.0 Å². The van der Waals surface area contributed by atoms with Crippen LogP contribution in [0.4, 0.5) is 0 Å². The van der Waals surface area contributed by atoms with Crippen LogP contribution in [0.25, 0.3) is 0 Å². The van der Waals surface area contributed by atoms with Crippen molar-refractivity contribution in [1.82, 2.24) is 0 Å². The predicted octanol–water partition coefficient (Wildman–Crippen LogP) is -1.34. The molecule has 1 aromatic heterocycles. The molecule has 0 saturated heterocycles. The first-order valence-electron chi connectivity index (χ1n) is 5.79. The van der Waals surface area contributed by atoms with Gasteiger partial charge in [-0.25, -0.2) is 0 Å². The van der Waals surface area contributed by atoms with Crippen molar-refractivity contribution >= 4 is 0 Å². The SMILES string of the molecule is [Cl-].c1ccc2c(c1)Cc1c3c(cc[n+]1C2)OCO3. The van der Waals surface area contributed by atoms with Crippen LogP contribution >= 0.6 is 0 Å². The number of ether oxygens (including phenoxy) is 2. The first-order chi connectivity index (χ1) is 8.42. The molecule has 0 unspecified atom stereocenters. The molecule has 3 nitrogen and oxygen atoms in total. The van der Waals surface area contributed by atoms with Gasteiger partial charge in [0.25, 0.3) is 0 Å².